The van der Waals surface area contributed by atoms with Crippen molar-refractivity contribution in [3.8, 4) is 10.6 Å². The first-order valence-corrected chi connectivity index (χ1v) is 9.92. The maximum atomic E-state index is 12.2. The van der Waals surface area contributed by atoms with E-state index in [1.54, 1.807) is 5.38 Å². The lowest BCUT2D eigenvalue weighted by atomic mass is 10.0. The Bertz CT molecular complexity index is 986. The number of ketones is 1. The van der Waals surface area contributed by atoms with Crippen LogP contribution in [0.3, 0.4) is 0 Å². The fourth-order valence-corrected chi connectivity index (χ4v) is 3.46. The van der Waals surface area contributed by atoms with E-state index < -0.39 is 24.5 Å². The molecule has 0 aliphatic rings. The Kier molecular flexibility index (Phi) is 6.86. The van der Waals surface area contributed by atoms with Crippen LogP contribution >= 0.6 is 11.3 Å². The van der Waals surface area contributed by atoms with E-state index in [4.69, 9.17) is 4.74 Å². The van der Waals surface area contributed by atoms with Gasteiger partial charge in [0.15, 0.2) is 18.1 Å². The topological polar surface area (TPSA) is 85.4 Å². The van der Waals surface area contributed by atoms with Gasteiger partial charge in [0.2, 0.25) is 0 Å². The summed E-state index contributed by atoms with van der Waals surface area (Å²) < 4.78 is 5.05. The zero-order valence-electron chi connectivity index (χ0n) is 15.8. The molecule has 0 aliphatic heterocycles. The van der Waals surface area contributed by atoms with Crippen LogP contribution in [0.1, 0.15) is 23.0 Å². The van der Waals surface area contributed by atoms with Crippen LogP contribution in [-0.4, -0.2) is 35.3 Å². The molecule has 29 heavy (non-hydrogen) atoms. The first-order chi connectivity index (χ1) is 14.0. The Hall–Kier alpha value is -3.32. The summed E-state index contributed by atoms with van der Waals surface area (Å²) in [5, 5.41) is 4.91. The number of carbonyl (C=O) groups excluding carboxylic acids is 3. The Balaban J connectivity index is 1.53. The Labute approximate surface area is 172 Å². The number of hydrogen-bond donors (Lipinski definition) is 1. The van der Waals surface area contributed by atoms with Crippen molar-refractivity contribution in [3.05, 3.63) is 77.3 Å². The minimum absolute atomic E-state index is 0.147. The van der Waals surface area contributed by atoms with Gasteiger partial charge in [0.05, 0.1) is 6.04 Å². The summed E-state index contributed by atoms with van der Waals surface area (Å²) in [4.78, 5) is 40.4. The van der Waals surface area contributed by atoms with Crippen LogP contribution in [0.5, 0.6) is 0 Å². The fourth-order valence-electron chi connectivity index (χ4n) is 2.67. The number of carbonyl (C=O) groups is 3. The van der Waals surface area contributed by atoms with E-state index in [9.17, 15) is 14.4 Å². The predicted molar refractivity (Wildman–Crippen MR) is 111 cm³/mol. The largest absolute Gasteiger partial charge is 0.451 e. The second-order valence-electron chi connectivity index (χ2n) is 6.40. The summed E-state index contributed by atoms with van der Waals surface area (Å²) in [6, 6.07) is 18.2. The van der Waals surface area contributed by atoms with Crippen molar-refractivity contribution >= 4 is 29.0 Å². The molecule has 1 amide bonds. The van der Waals surface area contributed by atoms with E-state index in [0.717, 1.165) is 11.1 Å². The van der Waals surface area contributed by atoms with Gasteiger partial charge in [0.25, 0.3) is 5.91 Å². The lowest BCUT2D eigenvalue weighted by Crippen LogP contribution is -2.43. The van der Waals surface area contributed by atoms with E-state index >= 15 is 0 Å². The molecule has 0 fully saturated rings. The molecule has 0 saturated heterocycles. The lowest BCUT2D eigenvalue weighted by molar-refractivity contribution is -0.128. The average Bonchev–Trinajstić information content (AvgIpc) is 3.23. The molecule has 1 N–H and O–H groups in total. The molecule has 0 unspecified atom stereocenters. The van der Waals surface area contributed by atoms with Gasteiger partial charge in [0.1, 0.15) is 5.01 Å². The van der Waals surface area contributed by atoms with Crippen LogP contribution in [0, 0.1) is 0 Å². The van der Waals surface area contributed by atoms with Crippen LogP contribution < -0.4 is 5.32 Å². The zero-order valence-corrected chi connectivity index (χ0v) is 16.6. The maximum absolute atomic E-state index is 12.2. The molecule has 148 valence electrons. The Morgan fingerprint density at radius 1 is 1.03 bits per heavy atom. The second kappa shape index (κ2) is 9.75. The average molecular weight is 408 g/mol. The normalized spacial score (nSPS) is 11.5. The molecule has 1 atom stereocenters. The molecule has 0 radical (unpaired) electrons. The number of thiazole rings is 1. The lowest BCUT2D eigenvalue weighted by Gasteiger charge is -2.16. The van der Waals surface area contributed by atoms with Crippen molar-refractivity contribution < 1.29 is 19.1 Å². The predicted octanol–water partition coefficient (Wildman–Crippen LogP) is 3.28. The summed E-state index contributed by atoms with van der Waals surface area (Å²) in [5.41, 5.74) is 1.98. The number of rotatable bonds is 8. The van der Waals surface area contributed by atoms with E-state index in [1.807, 2.05) is 60.7 Å². The van der Waals surface area contributed by atoms with Crippen molar-refractivity contribution in [2.75, 3.05) is 6.61 Å². The number of amides is 1. The van der Waals surface area contributed by atoms with Crippen LogP contribution in [0.4, 0.5) is 0 Å². The highest BCUT2D eigenvalue weighted by atomic mass is 32.1. The second-order valence-corrected chi connectivity index (χ2v) is 7.26. The van der Waals surface area contributed by atoms with Gasteiger partial charge in [-0.15, -0.1) is 11.3 Å². The summed E-state index contributed by atoms with van der Waals surface area (Å²) in [7, 11) is 0. The van der Waals surface area contributed by atoms with Gasteiger partial charge in [-0.05, 0) is 18.9 Å². The summed E-state index contributed by atoms with van der Waals surface area (Å²) in [6.45, 7) is 0.940. The van der Waals surface area contributed by atoms with Gasteiger partial charge < -0.3 is 10.1 Å². The van der Waals surface area contributed by atoms with E-state index in [1.165, 1.54) is 18.3 Å². The fraction of sp³-hybridized carbons (Fsp3) is 0.182. The third kappa shape index (κ3) is 5.83. The molecular formula is C22H20N2O4S. The molecule has 7 heteroatoms. The molecule has 0 spiro atoms. The smallest absolute Gasteiger partial charge is 0.358 e. The number of Topliss-reactive ketones (excluding diaryl/α,β-unsaturated/α-hetero) is 1. The number of nitrogens with one attached hydrogen (secondary N) is 1. The van der Waals surface area contributed by atoms with E-state index in [0.29, 0.717) is 11.4 Å². The molecule has 0 aliphatic carbocycles. The van der Waals surface area contributed by atoms with Crippen molar-refractivity contribution in [1.82, 2.24) is 10.3 Å². The van der Waals surface area contributed by atoms with Gasteiger partial charge in [-0.25, -0.2) is 9.78 Å². The quantitative estimate of drug-likeness (QED) is 0.578. The monoisotopic (exact) mass is 408 g/mol. The summed E-state index contributed by atoms with van der Waals surface area (Å²) in [5.74, 6) is -1.38. The van der Waals surface area contributed by atoms with Crippen LogP contribution in [-0.2, 0) is 20.7 Å². The number of benzene rings is 2. The van der Waals surface area contributed by atoms with Crippen molar-refractivity contribution in [2.45, 2.75) is 19.4 Å². The number of nitrogens with zero attached hydrogens (tertiary/aromatic N) is 1. The first kappa shape index (κ1) is 20.4. The van der Waals surface area contributed by atoms with Gasteiger partial charge in [-0.1, -0.05) is 60.7 Å². The number of aromatic nitrogens is 1. The molecule has 0 bridgehead atoms. The standard InChI is InChI=1S/C22H20N2O4S/c1-15(25)18(12-16-8-4-2-5-9-16)23-20(26)13-28-22(27)19-14-29-21(24-19)17-10-6-3-7-11-17/h2-11,14,18H,12-13H2,1H3,(H,23,26)/t18-/m1/s1. The third-order valence-electron chi connectivity index (χ3n) is 4.18. The Morgan fingerprint density at radius 2 is 1.69 bits per heavy atom. The van der Waals surface area contributed by atoms with Gasteiger partial charge in [-0.2, -0.15) is 0 Å². The van der Waals surface area contributed by atoms with E-state index in [2.05, 4.69) is 10.3 Å². The van der Waals surface area contributed by atoms with Crippen molar-refractivity contribution in [2.24, 2.45) is 0 Å². The Morgan fingerprint density at radius 3 is 2.34 bits per heavy atom. The first-order valence-electron chi connectivity index (χ1n) is 9.04. The highest BCUT2D eigenvalue weighted by molar-refractivity contribution is 7.13. The van der Waals surface area contributed by atoms with Crippen LogP contribution in [0.15, 0.2) is 66.0 Å². The highest BCUT2D eigenvalue weighted by Crippen LogP contribution is 2.23. The maximum Gasteiger partial charge on any atom is 0.358 e. The van der Waals surface area contributed by atoms with E-state index in [-0.39, 0.29) is 11.5 Å². The molecular weight excluding hydrogens is 388 g/mol. The highest BCUT2D eigenvalue weighted by Gasteiger charge is 2.20. The van der Waals surface area contributed by atoms with Gasteiger partial charge >= 0.3 is 5.97 Å². The molecule has 1 aromatic heterocycles. The van der Waals surface area contributed by atoms with Crippen LogP contribution in [0.2, 0.25) is 0 Å². The molecule has 2 aromatic carbocycles. The SMILES string of the molecule is CC(=O)[C@@H](Cc1ccccc1)NC(=O)COC(=O)c1csc(-c2ccccc2)n1. The summed E-state index contributed by atoms with van der Waals surface area (Å²) >= 11 is 1.32. The molecule has 1 heterocycles. The molecule has 3 aromatic rings. The van der Waals surface area contributed by atoms with Crippen molar-refractivity contribution in [3.63, 3.8) is 0 Å². The van der Waals surface area contributed by atoms with Crippen molar-refractivity contribution in [1.29, 1.82) is 0 Å². The molecule has 6 nitrogen and oxygen atoms in total. The molecule has 3 rings (SSSR count). The van der Waals surface area contributed by atoms with Crippen LogP contribution in [0.25, 0.3) is 10.6 Å². The minimum Gasteiger partial charge on any atom is -0.451 e. The number of hydrogen-bond acceptors (Lipinski definition) is 6. The van der Waals surface area contributed by atoms with Gasteiger partial charge in [-0.3, -0.25) is 9.59 Å². The summed E-state index contributed by atoms with van der Waals surface area (Å²) in [6.07, 6.45) is 0.377. The molecule has 0 saturated carbocycles. The number of esters is 1. The zero-order chi connectivity index (χ0) is 20.6. The third-order valence-corrected chi connectivity index (χ3v) is 5.07. The van der Waals surface area contributed by atoms with Gasteiger partial charge in [0, 0.05) is 10.9 Å². The number of ether oxygens (including phenoxy) is 1. The minimum atomic E-state index is -0.680.